The van der Waals surface area contributed by atoms with Crippen LogP contribution in [0.5, 0.6) is 0 Å². The Balaban J connectivity index is 1.25. The van der Waals surface area contributed by atoms with E-state index in [0.717, 1.165) is 0 Å². The first-order valence-electron chi connectivity index (χ1n) is 22.7. The smallest absolute Gasteiger partial charge is 0.340 e. The number of carbonyl (C=O) groups excluding carboxylic acids is 4. The summed E-state index contributed by atoms with van der Waals surface area (Å²) in [6.45, 7) is 10.9. The van der Waals surface area contributed by atoms with E-state index in [9.17, 15) is 29.2 Å². The fraction of sp³-hybridized carbons (Fsp3) is 0.705. The molecule has 2 heterocycles. The van der Waals surface area contributed by atoms with E-state index in [2.05, 4.69) is 9.37 Å². The maximum Gasteiger partial charge on any atom is 0.340 e. The van der Waals surface area contributed by atoms with Crippen LogP contribution in [-0.2, 0) is 87.2 Å². The maximum atomic E-state index is 13.7. The second kappa shape index (κ2) is 37.0. The minimum Gasteiger partial charge on any atom is -0.691 e. The molecule has 1 aromatic heterocycles. The van der Waals surface area contributed by atoms with Crippen LogP contribution in [0.15, 0.2) is 26.2 Å². The predicted molar refractivity (Wildman–Crippen MR) is 239 cm³/mol. The number of hydroxylamine groups is 2. The molecule has 3 rings (SSSR count). The molecule has 23 nitrogen and oxygen atoms in total. The molecule has 0 atom stereocenters. The lowest BCUT2D eigenvalue weighted by atomic mass is 10.0. The second-order valence-electron chi connectivity index (χ2n) is 14.9. The molecule has 0 saturated carbocycles. The number of carbonyl (C=O) groups is 4. The fourth-order valence-electron chi connectivity index (χ4n) is 6.30. The number of ether oxygens (including phenoxy) is 10. The van der Waals surface area contributed by atoms with Gasteiger partial charge in [-0.1, -0.05) is 6.42 Å². The van der Waals surface area contributed by atoms with Crippen LogP contribution in [0.2, 0.25) is 0 Å². The lowest BCUT2D eigenvalue weighted by Crippen LogP contribution is -2.36. The van der Waals surface area contributed by atoms with Gasteiger partial charge in [0.1, 0.15) is 5.58 Å². The quantitative estimate of drug-likeness (QED) is 0.0188. The highest BCUT2D eigenvalue weighted by Gasteiger charge is 2.32. The van der Waals surface area contributed by atoms with Gasteiger partial charge in [0.2, 0.25) is 5.91 Å². The van der Waals surface area contributed by atoms with E-state index in [1.807, 2.05) is 0 Å². The standard InChI is InChI=1S/C44H69N3O20S/c1-34-35-31-39(68-67-66-53)37(45)33-38(35)64-44(52)36(34)32-42(50)46(10-5-3-4-7-43(51)65-47-40(48)8-9-41(47)49)11-6-12-55-15-16-57-19-20-59-23-24-61-27-28-63-30-29-62-26-25-60-22-21-58-18-17-56-14-13-54-2/h31,33,53H,3-30,32,45H2,1-2H3/p-1. The van der Waals surface area contributed by atoms with E-state index >= 15 is 0 Å². The number of imide groups is 1. The summed E-state index contributed by atoms with van der Waals surface area (Å²) in [6, 6.07) is 3.00. The highest BCUT2D eigenvalue weighted by atomic mass is 32.2. The van der Waals surface area contributed by atoms with Gasteiger partial charge in [-0.2, -0.15) is 4.33 Å². The van der Waals surface area contributed by atoms with Crippen molar-refractivity contribution >= 4 is 52.4 Å². The van der Waals surface area contributed by atoms with E-state index in [-0.39, 0.29) is 48.4 Å². The van der Waals surface area contributed by atoms with Gasteiger partial charge in [0.05, 0.1) is 154 Å². The number of aryl methyl sites for hydroxylation is 1. The number of nitrogens with zero attached hydrogens (tertiary/aromatic N) is 2. The summed E-state index contributed by atoms with van der Waals surface area (Å²) in [4.78, 5) is 69.5. The third-order valence-electron chi connectivity index (χ3n) is 9.88. The average Bonchev–Trinajstić information content (AvgIpc) is 3.64. The Hall–Kier alpha value is -3.86. The lowest BCUT2D eigenvalue weighted by molar-refractivity contribution is -0.777. The van der Waals surface area contributed by atoms with Crippen molar-refractivity contribution in [3.8, 4) is 0 Å². The summed E-state index contributed by atoms with van der Waals surface area (Å²) in [6.07, 6.45) is 1.68. The van der Waals surface area contributed by atoms with Crippen LogP contribution in [0.4, 0.5) is 5.69 Å². The first-order chi connectivity index (χ1) is 33.2. The summed E-state index contributed by atoms with van der Waals surface area (Å²) in [5.74, 6) is -2.12. The minimum atomic E-state index is -0.695. The summed E-state index contributed by atoms with van der Waals surface area (Å²) < 4.78 is 64.3. The van der Waals surface area contributed by atoms with E-state index in [1.165, 1.54) is 6.07 Å². The van der Waals surface area contributed by atoms with Gasteiger partial charge in [-0.15, -0.1) is 5.06 Å². The number of rotatable bonds is 43. The molecular formula is C44H68N3O20S-. The first-order valence-corrected chi connectivity index (χ1v) is 23.4. The van der Waals surface area contributed by atoms with E-state index < -0.39 is 23.4 Å². The molecule has 68 heavy (non-hydrogen) atoms. The van der Waals surface area contributed by atoms with Crippen molar-refractivity contribution in [2.24, 2.45) is 0 Å². The number of methoxy groups -OCH3 is 1. The SMILES string of the molecule is COCCOCCOCCOCCOCCOCCOCCOCCOCCOCCCN(CCCCCC(=O)ON1C(=O)CCC1=O)C(=O)Cc1c(C)c2cc(SOO[O-])c(N)cc2oc1=O. The number of unbranched alkanes of at least 4 members (excludes halogenated alkanes) is 2. The molecule has 1 aliphatic rings. The van der Waals surface area contributed by atoms with Gasteiger partial charge in [-0.3, -0.25) is 19.4 Å². The van der Waals surface area contributed by atoms with Crippen molar-refractivity contribution in [3.63, 3.8) is 0 Å². The predicted octanol–water partition coefficient (Wildman–Crippen LogP) is 1.64. The first kappa shape index (κ1) is 58.5. The monoisotopic (exact) mass is 990 g/mol. The molecule has 2 N–H and O–H groups in total. The molecule has 1 aliphatic heterocycles. The van der Waals surface area contributed by atoms with Crippen LogP contribution in [-0.4, -0.2) is 179 Å². The van der Waals surface area contributed by atoms with Crippen LogP contribution in [0.25, 0.3) is 11.0 Å². The van der Waals surface area contributed by atoms with Crippen LogP contribution >= 0.6 is 12.0 Å². The summed E-state index contributed by atoms with van der Waals surface area (Å²) in [5.41, 5.74) is 6.36. The summed E-state index contributed by atoms with van der Waals surface area (Å²) in [7, 11) is 1.63. The Morgan fingerprint density at radius 1 is 0.676 bits per heavy atom. The molecule has 0 bridgehead atoms. The van der Waals surface area contributed by atoms with Gasteiger partial charge < -0.3 is 72.5 Å². The molecule has 1 aromatic carbocycles. The third-order valence-corrected chi connectivity index (χ3v) is 10.5. The van der Waals surface area contributed by atoms with Crippen LogP contribution in [0, 0.1) is 6.92 Å². The average molecular weight is 991 g/mol. The third kappa shape index (κ3) is 24.6. The van der Waals surface area contributed by atoms with Crippen LogP contribution < -0.4 is 16.6 Å². The highest BCUT2D eigenvalue weighted by Crippen LogP contribution is 2.32. The number of amides is 3. The number of hydrogen-bond acceptors (Lipinski definition) is 22. The zero-order chi connectivity index (χ0) is 49.0. The van der Waals surface area contributed by atoms with Crippen LogP contribution in [0.1, 0.15) is 56.1 Å². The maximum absolute atomic E-state index is 13.7. The molecular weight excluding hydrogens is 923 g/mol. The number of nitrogens with two attached hydrogens (primary N) is 1. The van der Waals surface area contributed by atoms with E-state index in [4.69, 9.17) is 62.4 Å². The molecule has 0 spiro atoms. The van der Waals surface area contributed by atoms with Crippen molar-refractivity contribution in [1.82, 2.24) is 9.96 Å². The Labute approximate surface area is 400 Å². The molecule has 0 aliphatic carbocycles. The van der Waals surface area contributed by atoms with Gasteiger partial charge in [-0.05, 0) is 37.8 Å². The van der Waals surface area contributed by atoms with Gasteiger partial charge in [0, 0.05) is 57.5 Å². The Morgan fingerprint density at radius 3 is 1.63 bits per heavy atom. The van der Waals surface area contributed by atoms with E-state index in [1.54, 1.807) is 25.0 Å². The molecule has 0 radical (unpaired) electrons. The number of nitrogen functional groups attached to an aromatic ring is 1. The van der Waals surface area contributed by atoms with Gasteiger partial charge in [-0.25, -0.2) is 9.59 Å². The van der Waals surface area contributed by atoms with E-state index in [0.29, 0.717) is 197 Å². The minimum absolute atomic E-state index is 0.00585. The number of fused-ring (bicyclic) bond motifs is 1. The second-order valence-corrected chi connectivity index (χ2v) is 15.6. The van der Waals surface area contributed by atoms with Crippen molar-refractivity contribution in [2.45, 2.75) is 63.2 Å². The molecule has 24 heteroatoms. The summed E-state index contributed by atoms with van der Waals surface area (Å²) >= 11 is 0.593. The van der Waals surface area contributed by atoms with Crippen molar-refractivity contribution in [3.05, 3.63) is 33.7 Å². The number of anilines is 1. The fourth-order valence-corrected chi connectivity index (χ4v) is 6.72. The lowest BCUT2D eigenvalue weighted by Gasteiger charge is -2.23. The van der Waals surface area contributed by atoms with Crippen molar-refractivity contribution in [2.75, 3.05) is 151 Å². The zero-order valence-electron chi connectivity index (χ0n) is 39.2. The van der Waals surface area contributed by atoms with Gasteiger partial charge >= 0.3 is 11.6 Å². The molecule has 3 amide bonds. The topological polar surface area (TPSA) is 274 Å². The van der Waals surface area contributed by atoms with Crippen molar-refractivity contribution in [1.29, 1.82) is 0 Å². The number of hydrogen-bond donors (Lipinski definition) is 1. The van der Waals surface area contributed by atoms with Gasteiger partial charge in [0.15, 0.2) is 0 Å². The normalized spacial score (nSPS) is 12.8. The molecule has 1 saturated heterocycles. The molecule has 0 unspecified atom stereocenters. The highest BCUT2D eigenvalue weighted by molar-refractivity contribution is 7.94. The Bertz CT molecular complexity index is 1790. The molecule has 2 aromatic rings. The Morgan fingerprint density at radius 2 is 1.15 bits per heavy atom. The Kier molecular flexibility index (Phi) is 31.8. The molecule has 386 valence electrons. The van der Waals surface area contributed by atoms with Crippen LogP contribution in [0.3, 0.4) is 0 Å². The molecule has 1 fully saturated rings. The van der Waals surface area contributed by atoms with Crippen molar-refractivity contribution < 1.29 is 90.4 Å². The zero-order valence-corrected chi connectivity index (χ0v) is 40.0. The summed E-state index contributed by atoms with van der Waals surface area (Å²) in [5, 5.41) is 14.8. The number of benzene rings is 1. The van der Waals surface area contributed by atoms with Gasteiger partial charge in [0.25, 0.3) is 11.8 Å². The largest absolute Gasteiger partial charge is 0.691 e.